The Balaban J connectivity index is 3.94. The second-order valence-corrected chi connectivity index (χ2v) is 3.19. The van der Waals surface area contributed by atoms with Crippen molar-refractivity contribution < 1.29 is 14.8 Å². The van der Waals surface area contributed by atoms with Crippen molar-refractivity contribution in [1.29, 1.82) is 0 Å². The van der Waals surface area contributed by atoms with Gasteiger partial charge in [-0.2, -0.15) is 0 Å². The molecule has 0 aliphatic carbocycles. The first-order chi connectivity index (χ1) is 5.49. The number of carbonyl (C=O) groups excluding carboxylic acids is 2. The maximum Gasteiger partial charge on any atom is 0.233 e. The minimum atomic E-state index is -0.305. The molecule has 1 N–H and O–H groups in total. The average Bonchev–Trinajstić information content (AvgIpc) is 2.02. The molecule has 0 radical (unpaired) electrons. The van der Waals surface area contributed by atoms with Crippen molar-refractivity contribution in [1.82, 2.24) is 5.06 Å². The summed E-state index contributed by atoms with van der Waals surface area (Å²) in [4.78, 5) is 21.2. The largest absolute Gasteiger partial charge is 0.299 e. The number of hydroxylamine groups is 2. The predicted molar refractivity (Wildman–Crippen MR) is 43.6 cm³/mol. The Bertz CT molecular complexity index is 168. The van der Waals surface area contributed by atoms with E-state index in [2.05, 4.69) is 0 Å². The van der Waals surface area contributed by atoms with Crippen LogP contribution in [0.5, 0.6) is 0 Å². The van der Waals surface area contributed by atoms with E-state index in [1.807, 2.05) is 0 Å². The summed E-state index contributed by atoms with van der Waals surface area (Å²) in [5, 5.41) is 9.26. The molecule has 0 spiro atoms. The van der Waals surface area contributed by atoms with Gasteiger partial charge in [-0.05, 0) is 0 Å². The van der Waals surface area contributed by atoms with Crippen LogP contribution in [0.15, 0.2) is 0 Å². The Kier molecular flexibility index (Phi) is 4.51. The second kappa shape index (κ2) is 4.87. The molecule has 0 aliphatic heterocycles. The monoisotopic (exact) mass is 173 g/mol. The summed E-state index contributed by atoms with van der Waals surface area (Å²) in [6, 6.07) is 0. The van der Waals surface area contributed by atoms with Crippen LogP contribution in [0.3, 0.4) is 0 Å². The maximum atomic E-state index is 11.2. The number of amides is 1. The van der Waals surface area contributed by atoms with E-state index >= 15 is 0 Å². The first-order valence-corrected chi connectivity index (χ1v) is 3.93. The second-order valence-electron chi connectivity index (χ2n) is 3.19. The maximum absolute atomic E-state index is 11.2. The minimum Gasteiger partial charge on any atom is -0.299 e. The third-order valence-electron chi connectivity index (χ3n) is 1.64. The van der Waals surface area contributed by atoms with Gasteiger partial charge < -0.3 is 0 Å². The lowest BCUT2D eigenvalue weighted by molar-refractivity contribution is -0.154. The fourth-order valence-corrected chi connectivity index (χ4v) is 0.983. The van der Waals surface area contributed by atoms with Gasteiger partial charge in [0.1, 0.15) is 5.78 Å². The smallest absolute Gasteiger partial charge is 0.233 e. The molecule has 0 heterocycles. The lowest BCUT2D eigenvalue weighted by atomic mass is 9.97. The van der Waals surface area contributed by atoms with Gasteiger partial charge in [0.2, 0.25) is 6.41 Å². The zero-order chi connectivity index (χ0) is 9.72. The van der Waals surface area contributed by atoms with Gasteiger partial charge in [0.25, 0.3) is 0 Å². The highest BCUT2D eigenvalue weighted by molar-refractivity contribution is 5.82. The molecule has 0 fully saturated rings. The van der Waals surface area contributed by atoms with Crippen molar-refractivity contribution in [3.05, 3.63) is 0 Å². The molecule has 4 nitrogen and oxygen atoms in total. The zero-order valence-corrected chi connectivity index (χ0v) is 7.65. The lowest BCUT2D eigenvalue weighted by Gasteiger charge is -2.15. The van der Waals surface area contributed by atoms with E-state index in [-0.39, 0.29) is 24.2 Å². The summed E-state index contributed by atoms with van der Waals surface area (Å²) in [5.41, 5.74) is 0. The standard InChI is InChI=1S/C8H15NO3/c1-6(2)8(11)7(3)4-9(12)5-10/h5-7,12H,4H2,1-3H3. The van der Waals surface area contributed by atoms with Gasteiger partial charge in [-0.3, -0.25) is 14.8 Å². The van der Waals surface area contributed by atoms with Crippen LogP contribution < -0.4 is 0 Å². The van der Waals surface area contributed by atoms with E-state index in [1.54, 1.807) is 20.8 Å². The van der Waals surface area contributed by atoms with Crippen LogP contribution in [-0.4, -0.2) is 29.0 Å². The summed E-state index contributed by atoms with van der Waals surface area (Å²) in [6.45, 7) is 5.35. The molecule has 0 saturated heterocycles. The normalized spacial score (nSPS) is 12.8. The SMILES string of the molecule is CC(C)C(=O)C(C)CN(O)C=O. The van der Waals surface area contributed by atoms with Crippen molar-refractivity contribution in [3.63, 3.8) is 0 Å². The average molecular weight is 173 g/mol. The Morgan fingerprint density at radius 3 is 2.33 bits per heavy atom. The van der Waals surface area contributed by atoms with Crippen LogP contribution in [0.1, 0.15) is 20.8 Å². The van der Waals surface area contributed by atoms with Gasteiger partial charge in [0.05, 0.1) is 6.54 Å². The minimum absolute atomic E-state index is 0.0518. The summed E-state index contributed by atoms with van der Waals surface area (Å²) in [6.07, 6.45) is 0.296. The number of ketones is 1. The number of nitrogens with zero attached hydrogens (tertiary/aromatic N) is 1. The molecule has 0 aromatic carbocycles. The molecule has 70 valence electrons. The van der Waals surface area contributed by atoms with Crippen molar-refractivity contribution in [2.24, 2.45) is 11.8 Å². The summed E-state index contributed by atoms with van der Waals surface area (Å²) in [5.74, 6) is -0.309. The zero-order valence-electron chi connectivity index (χ0n) is 7.65. The lowest BCUT2D eigenvalue weighted by Crippen LogP contribution is -2.30. The van der Waals surface area contributed by atoms with Gasteiger partial charge in [-0.25, -0.2) is 5.06 Å². The number of carbonyl (C=O) groups is 2. The molecule has 0 aromatic rings. The highest BCUT2D eigenvalue weighted by atomic mass is 16.5. The molecule has 0 saturated carbocycles. The first-order valence-electron chi connectivity index (χ1n) is 3.93. The van der Waals surface area contributed by atoms with Crippen LogP contribution in [0.2, 0.25) is 0 Å². The van der Waals surface area contributed by atoms with Crippen LogP contribution in [-0.2, 0) is 9.59 Å². The molecule has 4 heteroatoms. The van der Waals surface area contributed by atoms with Gasteiger partial charge in [0.15, 0.2) is 0 Å². The van der Waals surface area contributed by atoms with Gasteiger partial charge in [-0.15, -0.1) is 0 Å². The Labute approximate surface area is 72.1 Å². The summed E-state index contributed by atoms with van der Waals surface area (Å²) < 4.78 is 0. The predicted octanol–water partition coefficient (Wildman–Crippen LogP) is 0.695. The molecule has 0 bridgehead atoms. The summed E-state index contributed by atoms with van der Waals surface area (Å²) >= 11 is 0. The van der Waals surface area contributed by atoms with Crippen molar-refractivity contribution in [2.45, 2.75) is 20.8 Å². The molecule has 1 amide bonds. The van der Waals surface area contributed by atoms with E-state index in [0.29, 0.717) is 11.5 Å². The van der Waals surface area contributed by atoms with Crippen molar-refractivity contribution in [3.8, 4) is 0 Å². The van der Waals surface area contributed by atoms with Crippen LogP contribution >= 0.6 is 0 Å². The number of Topliss-reactive ketones (excluding diaryl/α,β-unsaturated/α-hetero) is 1. The molecule has 0 aliphatic rings. The fourth-order valence-electron chi connectivity index (χ4n) is 0.983. The number of hydrogen-bond acceptors (Lipinski definition) is 3. The van der Waals surface area contributed by atoms with E-state index in [4.69, 9.17) is 5.21 Å². The molecular weight excluding hydrogens is 158 g/mol. The summed E-state index contributed by atoms with van der Waals surface area (Å²) in [7, 11) is 0. The number of hydrogen-bond donors (Lipinski definition) is 1. The van der Waals surface area contributed by atoms with Gasteiger partial charge in [-0.1, -0.05) is 20.8 Å². The van der Waals surface area contributed by atoms with E-state index in [9.17, 15) is 9.59 Å². The van der Waals surface area contributed by atoms with Crippen LogP contribution in [0.4, 0.5) is 0 Å². The first kappa shape index (κ1) is 11.1. The third-order valence-corrected chi connectivity index (χ3v) is 1.64. The highest BCUT2D eigenvalue weighted by Gasteiger charge is 2.17. The van der Waals surface area contributed by atoms with E-state index in [0.717, 1.165) is 0 Å². The molecule has 12 heavy (non-hydrogen) atoms. The molecule has 1 unspecified atom stereocenters. The van der Waals surface area contributed by atoms with Gasteiger partial charge >= 0.3 is 0 Å². The molecule has 0 aromatic heterocycles. The van der Waals surface area contributed by atoms with Crippen molar-refractivity contribution >= 4 is 12.2 Å². The van der Waals surface area contributed by atoms with Crippen LogP contribution in [0.25, 0.3) is 0 Å². The molecule has 1 atom stereocenters. The molecular formula is C8H15NO3. The fraction of sp³-hybridized carbons (Fsp3) is 0.750. The van der Waals surface area contributed by atoms with Gasteiger partial charge in [0, 0.05) is 11.8 Å². The van der Waals surface area contributed by atoms with Crippen molar-refractivity contribution in [2.75, 3.05) is 6.54 Å². The van der Waals surface area contributed by atoms with Crippen LogP contribution in [0, 0.1) is 11.8 Å². The van der Waals surface area contributed by atoms with E-state index in [1.165, 1.54) is 0 Å². The Hall–Kier alpha value is -0.900. The Morgan fingerprint density at radius 2 is 2.00 bits per heavy atom. The van der Waals surface area contributed by atoms with E-state index < -0.39 is 0 Å². The third kappa shape index (κ3) is 3.48. The number of rotatable bonds is 5. The topological polar surface area (TPSA) is 57.6 Å². The molecule has 0 rings (SSSR count). The Morgan fingerprint density at radius 1 is 1.50 bits per heavy atom. The highest BCUT2D eigenvalue weighted by Crippen LogP contribution is 2.06. The quantitative estimate of drug-likeness (QED) is 0.378.